The maximum Gasteiger partial charge on any atom is 0.321 e. The highest BCUT2D eigenvalue weighted by Gasteiger charge is 2.22. The van der Waals surface area contributed by atoms with E-state index in [9.17, 15) is 4.79 Å². The van der Waals surface area contributed by atoms with Gasteiger partial charge in [0.05, 0.1) is 6.10 Å². The zero-order valence-corrected chi connectivity index (χ0v) is 11.8. The van der Waals surface area contributed by atoms with Crippen molar-refractivity contribution in [2.24, 2.45) is 5.73 Å². The molecule has 0 radical (unpaired) electrons. The van der Waals surface area contributed by atoms with E-state index in [1.807, 2.05) is 35.2 Å². The highest BCUT2D eigenvalue weighted by atomic mass is 16.5. The van der Waals surface area contributed by atoms with Crippen LogP contribution in [0.2, 0.25) is 0 Å². The van der Waals surface area contributed by atoms with Crippen molar-refractivity contribution in [3.63, 3.8) is 0 Å². The van der Waals surface area contributed by atoms with Crippen LogP contribution in [-0.4, -0.2) is 43.3 Å². The predicted molar refractivity (Wildman–Crippen MR) is 79.7 cm³/mol. The predicted octanol–water partition coefficient (Wildman–Crippen LogP) is 2.05. The van der Waals surface area contributed by atoms with Crippen molar-refractivity contribution in [2.45, 2.75) is 25.4 Å². The number of piperidine rings is 1. The smallest absolute Gasteiger partial charge is 0.321 e. The third-order valence-electron chi connectivity index (χ3n) is 3.46. The number of ether oxygens (including phenoxy) is 1. The maximum absolute atomic E-state index is 12.1. The van der Waals surface area contributed by atoms with Crippen LogP contribution < -0.4 is 11.1 Å². The van der Waals surface area contributed by atoms with Crippen molar-refractivity contribution in [3.8, 4) is 0 Å². The first kappa shape index (κ1) is 14.8. The number of nitrogens with one attached hydrogen (secondary N) is 1. The molecule has 5 nitrogen and oxygen atoms in total. The maximum atomic E-state index is 12.1. The number of anilines is 1. The average molecular weight is 277 g/mol. The van der Waals surface area contributed by atoms with E-state index in [1.54, 1.807) is 0 Å². The van der Waals surface area contributed by atoms with Gasteiger partial charge in [-0.3, -0.25) is 0 Å². The highest BCUT2D eigenvalue weighted by Crippen LogP contribution is 2.15. The molecule has 0 bridgehead atoms. The van der Waals surface area contributed by atoms with Crippen molar-refractivity contribution < 1.29 is 9.53 Å². The summed E-state index contributed by atoms with van der Waals surface area (Å²) in [6.45, 7) is 2.87. The van der Waals surface area contributed by atoms with Crippen LogP contribution >= 0.6 is 0 Å². The first-order valence-corrected chi connectivity index (χ1v) is 7.22. The molecule has 0 atom stereocenters. The molecule has 1 heterocycles. The van der Waals surface area contributed by atoms with Crippen molar-refractivity contribution in [1.29, 1.82) is 0 Å². The molecule has 1 aliphatic heterocycles. The summed E-state index contributed by atoms with van der Waals surface area (Å²) < 4.78 is 5.73. The Morgan fingerprint density at radius 3 is 2.65 bits per heavy atom. The summed E-state index contributed by atoms with van der Waals surface area (Å²) in [4.78, 5) is 13.9. The van der Waals surface area contributed by atoms with Crippen LogP contribution in [0.1, 0.15) is 19.3 Å². The van der Waals surface area contributed by atoms with Gasteiger partial charge in [0.15, 0.2) is 0 Å². The minimum absolute atomic E-state index is 0.0309. The van der Waals surface area contributed by atoms with Gasteiger partial charge in [0.25, 0.3) is 0 Å². The minimum Gasteiger partial charge on any atom is -0.378 e. The van der Waals surface area contributed by atoms with Crippen LogP contribution in [0.3, 0.4) is 0 Å². The number of nitrogens with zero attached hydrogens (tertiary/aromatic N) is 1. The Bertz CT molecular complexity index is 403. The second-order valence-corrected chi connectivity index (χ2v) is 5.00. The summed E-state index contributed by atoms with van der Waals surface area (Å²) >= 11 is 0. The van der Waals surface area contributed by atoms with Crippen LogP contribution in [0.25, 0.3) is 0 Å². The monoisotopic (exact) mass is 277 g/mol. The Hall–Kier alpha value is -1.59. The van der Waals surface area contributed by atoms with Crippen LogP contribution in [0.5, 0.6) is 0 Å². The van der Waals surface area contributed by atoms with E-state index in [0.29, 0.717) is 6.54 Å². The standard InChI is InChI=1S/C15H23N3O2/c16-9-4-12-20-14-7-10-18(11-8-14)15(19)17-13-5-2-1-3-6-13/h1-3,5-6,14H,4,7-12,16H2,(H,17,19). The molecule has 20 heavy (non-hydrogen) atoms. The number of amides is 2. The summed E-state index contributed by atoms with van der Waals surface area (Å²) in [7, 11) is 0. The van der Waals surface area contributed by atoms with Gasteiger partial charge >= 0.3 is 6.03 Å². The fourth-order valence-electron chi connectivity index (χ4n) is 2.28. The number of nitrogens with two attached hydrogens (primary N) is 1. The molecule has 110 valence electrons. The van der Waals surface area contributed by atoms with Gasteiger partial charge in [-0.2, -0.15) is 0 Å². The molecule has 1 fully saturated rings. The molecular weight excluding hydrogens is 254 g/mol. The SMILES string of the molecule is NCCCOC1CCN(C(=O)Nc2ccccc2)CC1. The molecule has 0 saturated carbocycles. The van der Waals surface area contributed by atoms with Gasteiger partial charge in [-0.1, -0.05) is 18.2 Å². The van der Waals surface area contributed by atoms with Gasteiger partial charge in [-0.25, -0.2) is 4.79 Å². The third-order valence-corrected chi connectivity index (χ3v) is 3.46. The summed E-state index contributed by atoms with van der Waals surface area (Å²) in [6.07, 6.45) is 2.95. The number of urea groups is 1. The second kappa shape index (κ2) is 7.87. The molecule has 0 unspecified atom stereocenters. The Morgan fingerprint density at radius 2 is 2.00 bits per heavy atom. The van der Waals surface area contributed by atoms with E-state index in [2.05, 4.69) is 5.32 Å². The molecule has 1 aromatic carbocycles. The molecule has 1 aromatic rings. The zero-order chi connectivity index (χ0) is 14.2. The summed E-state index contributed by atoms with van der Waals surface area (Å²) in [5, 5.41) is 2.91. The Labute approximate surface area is 120 Å². The quantitative estimate of drug-likeness (QED) is 0.809. The largest absolute Gasteiger partial charge is 0.378 e. The van der Waals surface area contributed by atoms with E-state index in [1.165, 1.54) is 0 Å². The van der Waals surface area contributed by atoms with E-state index in [-0.39, 0.29) is 12.1 Å². The number of likely N-dealkylation sites (tertiary alicyclic amines) is 1. The number of hydrogen-bond donors (Lipinski definition) is 2. The van der Waals surface area contributed by atoms with Gasteiger partial charge < -0.3 is 20.7 Å². The van der Waals surface area contributed by atoms with Crippen molar-refractivity contribution in [3.05, 3.63) is 30.3 Å². The normalized spacial score (nSPS) is 16.1. The topological polar surface area (TPSA) is 67.6 Å². The van der Waals surface area contributed by atoms with Crippen LogP contribution in [-0.2, 0) is 4.74 Å². The van der Waals surface area contributed by atoms with Gasteiger partial charge in [0.1, 0.15) is 0 Å². The number of benzene rings is 1. The van der Waals surface area contributed by atoms with Crippen molar-refractivity contribution in [2.75, 3.05) is 31.6 Å². The number of hydrogen-bond acceptors (Lipinski definition) is 3. The number of para-hydroxylation sites is 1. The van der Waals surface area contributed by atoms with Crippen molar-refractivity contribution in [1.82, 2.24) is 4.90 Å². The lowest BCUT2D eigenvalue weighted by Gasteiger charge is -2.32. The van der Waals surface area contributed by atoms with Gasteiger partial charge in [0.2, 0.25) is 0 Å². The molecule has 0 aliphatic carbocycles. The lowest BCUT2D eigenvalue weighted by Crippen LogP contribution is -2.43. The number of rotatable bonds is 5. The van der Waals surface area contributed by atoms with Gasteiger partial charge in [-0.15, -0.1) is 0 Å². The van der Waals surface area contributed by atoms with Crippen LogP contribution in [0, 0.1) is 0 Å². The van der Waals surface area contributed by atoms with E-state index in [0.717, 1.165) is 44.6 Å². The van der Waals surface area contributed by atoms with Crippen molar-refractivity contribution >= 4 is 11.7 Å². The molecule has 0 aromatic heterocycles. The van der Waals surface area contributed by atoms with Gasteiger partial charge in [-0.05, 0) is 37.9 Å². The van der Waals surface area contributed by atoms with E-state index >= 15 is 0 Å². The lowest BCUT2D eigenvalue weighted by molar-refractivity contribution is 0.0156. The summed E-state index contributed by atoms with van der Waals surface area (Å²) in [5.74, 6) is 0. The Morgan fingerprint density at radius 1 is 1.30 bits per heavy atom. The number of carbonyl (C=O) groups excluding carboxylic acids is 1. The molecule has 1 saturated heterocycles. The summed E-state index contributed by atoms with van der Waals surface area (Å²) in [5.41, 5.74) is 6.27. The molecule has 3 N–H and O–H groups in total. The first-order valence-electron chi connectivity index (χ1n) is 7.22. The minimum atomic E-state index is -0.0309. The fourth-order valence-corrected chi connectivity index (χ4v) is 2.28. The van der Waals surface area contributed by atoms with Gasteiger partial charge in [0, 0.05) is 25.4 Å². The van der Waals surface area contributed by atoms with Crippen LogP contribution in [0.15, 0.2) is 30.3 Å². The molecule has 0 spiro atoms. The Kier molecular flexibility index (Phi) is 5.83. The second-order valence-electron chi connectivity index (χ2n) is 5.00. The van der Waals surface area contributed by atoms with E-state index < -0.39 is 0 Å². The fraction of sp³-hybridized carbons (Fsp3) is 0.533. The third kappa shape index (κ3) is 4.51. The van der Waals surface area contributed by atoms with E-state index in [4.69, 9.17) is 10.5 Å². The molecule has 5 heteroatoms. The van der Waals surface area contributed by atoms with Crippen LogP contribution in [0.4, 0.5) is 10.5 Å². The molecule has 2 amide bonds. The molecule has 2 rings (SSSR count). The summed E-state index contributed by atoms with van der Waals surface area (Å²) in [6, 6.07) is 9.50. The lowest BCUT2D eigenvalue weighted by atomic mass is 10.1. The number of carbonyl (C=O) groups is 1. The molecule has 1 aliphatic rings. The Balaban J connectivity index is 1.72. The average Bonchev–Trinajstić information content (AvgIpc) is 2.49. The zero-order valence-electron chi connectivity index (χ0n) is 11.8. The molecular formula is C15H23N3O2. The first-order chi connectivity index (χ1) is 9.79. The highest BCUT2D eigenvalue weighted by molar-refractivity contribution is 5.89.